The highest BCUT2D eigenvalue weighted by Gasteiger charge is 2.18. The van der Waals surface area contributed by atoms with E-state index in [4.69, 9.17) is 0 Å². The molecule has 2 amide bonds. The number of carbonyl (C=O) groups excluding carboxylic acids is 2. The largest absolute Gasteiger partial charge is 0.342 e. The summed E-state index contributed by atoms with van der Waals surface area (Å²) in [5, 5.41) is 11.0. The number of anilines is 1. The normalized spacial score (nSPS) is 14.4. The minimum Gasteiger partial charge on any atom is -0.342 e. The first-order valence-corrected chi connectivity index (χ1v) is 10.0. The van der Waals surface area contributed by atoms with Crippen LogP contribution in [0.15, 0.2) is 28.6 Å². The summed E-state index contributed by atoms with van der Waals surface area (Å²) in [6.45, 7) is 3.68. The van der Waals surface area contributed by atoms with E-state index in [1.54, 1.807) is 0 Å². The van der Waals surface area contributed by atoms with E-state index in [0.717, 1.165) is 37.2 Å². The average molecular weight is 377 g/mol. The van der Waals surface area contributed by atoms with E-state index in [1.165, 1.54) is 29.5 Å². The van der Waals surface area contributed by atoms with Gasteiger partial charge in [-0.3, -0.25) is 9.59 Å². The highest BCUT2D eigenvalue weighted by Crippen LogP contribution is 2.24. The summed E-state index contributed by atoms with van der Waals surface area (Å²) in [6.07, 6.45) is 3.36. The van der Waals surface area contributed by atoms with E-state index in [-0.39, 0.29) is 11.8 Å². The number of nitrogens with one attached hydrogen (secondary N) is 1. The maximum atomic E-state index is 12.2. The number of piperidine rings is 1. The lowest BCUT2D eigenvalue weighted by atomic mass is 10.1. The summed E-state index contributed by atoms with van der Waals surface area (Å²) in [4.78, 5) is 26.3. The molecule has 1 N–H and O–H groups in total. The number of rotatable bonds is 5. The van der Waals surface area contributed by atoms with E-state index in [1.807, 2.05) is 36.1 Å². The van der Waals surface area contributed by atoms with Crippen molar-refractivity contribution >= 4 is 40.6 Å². The molecule has 2 heterocycles. The molecule has 0 saturated carbocycles. The monoisotopic (exact) mass is 376 g/mol. The molecule has 1 aromatic carbocycles. The quantitative estimate of drug-likeness (QED) is 0.811. The average Bonchev–Trinajstić information content (AvgIpc) is 3.11. The Morgan fingerprint density at radius 2 is 1.88 bits per heavy atom. The van der Waals surface area contributed by atoms with Crippen molar-refractivity contribution in [1.29, 1.82) is 0 Å². The van der Waals surface area contributed by atoms with Crippen molar-refractivity contribution in [2.75, 3.05) is 24.2 Å². The predicted molar refractivity (Wildman–Crippen MR) is 100 cm³/mol. The zero-order valence-corrected chi connectivity index (χ0v) is 15.7. The summed E-state index contributed by atoms with van der Waals surface area (Å²) >= 11 is 2.55. The summed E-state index contributed by atoms with van der Waals surface area (Å²) in [5.41, 5.74) is 1.85. The Bertz CT molecular complexity index is 739. The number of aryl methyl sites for hydroxylation is 1. The summed E-state index contributed by atoms with van der Waals surface area (Å²) in [7, 11) is 0. The first-order valence-electron chi connectivity index (χ1n) is 8.24. The molecule has 1 fully saturated rings. The molecule has 3 rings (SSSR count). The van der Waals surface area contributed by atoms with Gasteiger partial charge in [0.1, 0.15) is 0 Å². The summed E-state index contributed by atoms with van der Waals surface area (Å²) < 4.78 is 0.638. The van der Waals surface area contributed by atoms with Crippen molar-refractivity contribution in [3.05, 3.63) is 34.8 Å². The van der Waals surface area contributed by atoms with Gasteiger partial charge in [0.15, 0.2) is 4.34 Å². The minimum atomic E-state index is -0.282. The van der Waals surface area contributed by atoms with Crippen LogP contribution in [0.2, 0.25) is 0 Å². The molecule has 0 atom stereocenters. The van der Waals surface area contributed by atoms with Crippen LogP contribution < -0.4 is 5.32 Å². The van der Waals surface area contributed by atoms with Gasteiger partial charge in [0.05, 0.1) is 5.75 Å². The Balaban J connectivity index is 1.52. The highest BCUT2D eigenvalue weighted by atomic mass is 32.2. The molecule has 8 heteroatoms. The summed E-state index contributed by atoms with van der Waals surface area (Å²) in [6, 6.07) is 7.56. The van der Waals surface area contributed by atoms with E-state index < -0.39 is 0 Å². The molecule has 1 aliphatic rings. The van der Waals surface area contributed by atoms with Gasteiger partial charge in [-0.15, -0.1) is 10.2 Å². The molecule has 6 nitrogen and oxygen atoms in total. The van der Waals surface area contributed by atoms with Crippen molar-refractivity contribution in [3.63, 3.8) is 0 Å². The zero-order valence-electron chi connectivity index (χ0n) is 14.0. The van der Waals surface area contributed by atoms with Crippen LogP contribution in [0.1, 0.15) is 34.6 Å². The van der Waals surface area contributed by atoms with Gasteiger partial charge in [-0.1, -0.05) is 40.8 Å². The SMILES string of the molecule is Cc1ccc(NC(=O)c2nnc(SCC(=O)N3CCCCC3)s2)cc1. The zero-order chi connectivity index (χ0) is 17.6. The molecule has 0 unspecified atom stereocenters. The number of hydrogen-bond acceptors (Lipinski definition) is 6. The maximum absolute atomic E-state index is 12.2. The Hall–Kier alpha value is -1.93. The standard InChI is InChI=1S/C17H20N4O2S2/c1-12-5-7-13(8-6-12)18-15(23)16-19-20-17(25-16)24-11-14(22)21-9-3-2-4-10-21/h5-8H,2-4,9-11H2,1H3,(H,18,23). The van der Waals surface area contributed by atoms with Crippen LogP contribution in [-0.2, 0) is 4.79 Å². The second-order valence-electron chi connectivity index (χ2n) is 5.92. The van der Waals surface area contributed by atoms with Crippen molar-refractivity contribution < 1.29 is 9.59 Å². The lowest BCUT2D eigenvalue weighted by molar-refractivity contribution is -0.129. The first-order chi connectivity index (χ1) is 12.1. The van der Waals surface area contributed by atoms with Crippen molar-refractivity contribution in [2.24, 2.45) is 0 Å². The van der Waals surface area contributed by atoms with Crippen LogP contribution in [0.5, 0.6) is 0 Å². The molecule has 0 aliphatic carbocycles. The molecule has 1 saturated heterocycles. The second-order valence-corrected chi connectivity index (χ2v) is 8.12. The number of benzene rings is 1. The van der Waals surface area contributed by atoms with Gasteiger partial charge in [-0.2, -0.15) is 0 Å². The number of carbonyl (C=O) groups is 2. The predicted octanol–water partition coefficient (Wildman–Crippen LogP) is 3.20. The van der Waals surface area contributed by atoms with Gasteiger partial charge in [-0.05, 0) is 38.3 Å². The smallest absolute Gasteiger partial charge is 0.286 e. The van der Waals surface area contributed by atoms with Gasteiger partial charge < -0.3 is 10.2 Å². The molecule has 1 aromatic heterocycles. The highest BCUT2D eigenvalue weighted by molar-refractivity contribution is 8.01. The van der Waals surface area contributed by atoms with Crippen LogP contribution in [0.3, 0.4) is 0 Å². The number of nitrogens with zero attached hydrogens (tertiary/aromatic N) is 3. The number of aromatic nitrogens is 2. The van der Waals surface area contributed by atoms with Crippen molar-refractivity contribution in [3.8, 4) is 0 Å². The Morgan fingerprint density at radius 3 is 2.60 bits per heavy atom. The van der Waals surface area contributed by atoms with Gasteiger partial charge >= 0.3 is 0 Å². The van der Waals surface area contributed by atoms with E-state index in [0.29, 0.717) is 15.1 Å². The van der Waals surface area contributed by atoms with Crippen LogP contribution >= 0.6 is 23.1 Å². The maximum Gasteiger partial charge on any atom is 0.286 e. The first kappa shape index (κ1) is 17.9. The molecule has 132 valence electrons. The fraction of sp³-hybridized carbons (Fsp3) is 0.412. The molecular weight excluding hydrogens is 356 g/mol. The van der Waals surface area contributed by atoms with Gasteiger partial charge in [0.2, 0.25) is 10.9 Å². The molecule has 25 heavy (non-hydrogen) atoms. The number of hydrogen-bond donors (Lipinski definition) is 1. The van der Waals surface area contributed by atoms with E-state index in [9.17, 15) is 9.59 Å². The van der Waals surface area contributed by atoms with Crippen LogP contribution in [-0.4, -0.2) is 45.8 Å². The van der Waals surface area contributed by atoms with Gasteiger partial charge in [0, 0.05) is 18.8 Å². The molecule has 2 aromatic rings. The number of amides is 2. The fourth-order valence-electron chi connectivity index (χ4n) is 2.54. The molecule has 1 aliphatic heterocycles. The van der Waals surface area contributed by atoms with Gasteiger partial charge in [-0.25, -0.2) is 0 Å². The van der Waals surface area contributed by atoms with E-state index in [2.05, 4.69) is 15.5 Å². The topological polar surface area (TPSA) is 75.2 Å². The molecular formula is C17H20N4O2S2. The molecule has 0 radical (unpaired) electrons. The molecule has 0 spiro atoms. The minimum absolute atomic E-state index is 0.130. The third-order valence-electron chi connectivity index (χ3n) is 3.94. The lowest BCUT2D eigenvalue weighted by Crippen LogP contribution is -2.36. The van der Waals surface area contributed by atoms with Crippen molar-refractivity contribution in [1.82, 2.24) is 15.1 Å². The van der Waals surface area contributed by atoms with Crippen LogP contribution in [0.25, 0.3) is 0 Å². The molecule has 0 bridgehead atoms. The van der Waals surface area contributed by atoms with Gasteiger partial charge in [0.25, 0.3) is 5.91 Å². The summed E-state index contributed by atoms with van der Waals surface area (Å²) in [5.74, 6) is 0.190. The number of likely N-dealkylation sites (tertiary alicyclic amines) is 1. The third kappa shape index (κ3) is 5.02. The Kier molecular flexibility index (Phi) is 6.04. The third-order valence-corrected chi connectivity index (χ3v) is 5.98. The van der Waals surface area contributed by atoms with Crippen LogP contribution in [0, 0.1) is 6.92 Å². The van der Waals surface area contributed by atoms with E-state index >= 15 is 0 Å². The Morgan fingerprint density at radius 1 is 1.16 bits per heavy atom. The fourth-order valence-corrected chi connectivity index (χ4v) is 4.19. The lowest BCUT2D eigenvalue weighted by Gasteiger charge is -2.26. The second kappa shape index (κ2) is 8.44. The number of thioether (sulfide) groups is 1. The van der Waals surface area contributed by atoms with Crippen LogP contribution in [0.4, 0.5) is 5.69 Å². The van der Waals surface area contributed by atoms with Crippen molar-refractivity contribution in [2.45, 2.75) is 30.5 Å². The Labute approximate surface area is 155 Å².